The lowest BCUT2D eigenvalue weighted by molar-refractivity contribution is -0.348. The smallest absolute Gasteiger partial charge is 0.360 e. The number of ether oxygens (including phenoxy) is 1. The third-order valence-corrected chi connectivity index (χ3v) is 1.12. The molecule has 0 amide bonds. The van der Waals surface area contributed by atoms with Gasteiger partial charge in [0.2, 0.25) is 0 Å². The number of hydrogen-bond acceptors (Lipinski definition) is 6. The summed E-state index contributed by atoms with van der Waals surface area (Å²) in [6.45, 7) is 0. The highest BCUT2D eigenvalue weighted by molar-refractivity contribution is 5.96. The van der Waals surface area contributed by atoms with Gasteiger partial charge in [0.05, 0.1) is 13.2 Å². The standard InChI is InChI=1S/C6H9N3O4/c1-8-5(9(11)12)3-4(7)6(10)13-2/h3H,7H2,1-2H3. The third kappa shape index (κ3) is 3.32. The molecule has 0 fully saturated rings. The van der Waals surface area contributed by atoms with E-state index in [1.54, 1.807) is 0 Å². The molecule has 72 valence electrons. The Balaban J connectivity index is 4.73. The van der Waals surface area contributed by atoms with Crippen LogP contribution in [0.4, 0.5) is 0 Å². The molecule has 0 radical (unpaired) electrons. The Hall–Kier alpha value is -1.92. The lowest BCUT2D eigenvalue weighted by Gasteiger charge is -1.96. The molecule has 0 aromatic heterocycles. The van der Waals surface area contributed by atoms with Gasteiger partial charge in [-0.05, 0) is 4.92 Å². The monoisotopic (exact) mass is 187 g/mol. The zero-order chi connectivity index (χ0) is 10.4. The number of methoxy groups -OCH3 is 1. The Bertz CT molecular complexity index is 282. The Morgan fingerprint density at radius 3 is 2.54 bits per heavy atom. The maximum atomic E-state index is 10.7. The summed E-state index contributed by atoms with van der Waals surface area (Å²) >= 11 is 0. The number of carbonyl (C=O) groups excluding carboxylic acids is 1. The number of nitrogens with zero attached hydrogens (tertiary/aromatic N) is 2. The summed E-state index contributed by atoms with van der Waals surface area (Å²) in [5.41, 5.74) is 4.78. The van der Waals surface area contributed by atoms with Crippen LogP contribution >= 0.6 is 0 Å². The molecule has 0 aromatic rings. The van der Waals surface area contributed by atoms with Crippen molar-refractivity contribution in [3.05, 3.63) is 21.9 Å². The lowest BCUT2D eigenvalue weighted by atomic mass is 10.4. The van der Waals surface area contributed by atoms with Crippen LogP contribution in [-0.4, -0.2) is 30.9 Å². The van der Waals surface area contributed by atoms with Gasteiger partial charge in [-0.1, -0.05) is 4.99 Å². The summed E-state index contributed by atoms with van der Waals surface area (Å²) in [4.78, 5) is 23.4. The van der Waals surface area contributed by atoms with Crippen LogP contribution < -0.4 is 5.73 Å². The van der Waals surface area contributed by atoms with Crippen LogP contribution in [0.25, 0.3) is 0 Å². The van der Waals surface area contributed by atoms with Crippen LogP contribution in [0.1, 0.15) is 0 Å². The Labute approximate surface area is 74.0 Å². The van der Waals surface area contributed by atoms with Gasteiger partial charge >= 0.3 is 11.8 Å². The second-order valence-corrected chi connectivity index (χ2v) is 1.93. The van der Waals surface area contributed by atoms with Crippen LogP contribution in [-0.2, 0) is 9.53 Å². The first-order chi connectivity index (χ1) is 6.02. The van der Waals surface area contributed by atoms with Crippen molar-refractivity contribution in [2.45, 2.75) is 0 Å². The first-order valence-electron chi connectivity index (χ1n) is 3.19. The van der Waals surface area contributed by atoms with E-state index in [9.17, 15) is 14.9 Å². The van der Waals surface area contributed by atoms with E-state index in [-0.39, 0.29) is 5.70 Å². The van der Waals surface area contributed by atoms with E-state index in [4.69, 9.17) is 5.73 Å². The van der Waals surface area contributed by atoms with Crippen molar-refractivity contribution in [1.82, 2.24) is 0 Å². The molecule has 0 aliphatic heterocycles. The highest BCUT2D eigenvalue weighted by atomic mass is 16.6. The van der Waals surface area contributed by atoms with E-state index in [1.165, 1.54) is 7.05 Å². The summed E-state index contributed by atoms with van der Waals surface area (Å²) < 4.78 is 4.23. The number of nitrogens with two attached hydrogens (primary N) is 1. The summed E-state index contributed by atoms with van der Waals surface area (Å²) in [5, 5.41) is 10.2. The van der Waals surface area contributed by atoms with E-state index in [1.807, 2.05) is 0 Å². The van der Waals surface area contributed by atoms with Crippen LogP contribution in [0, 0.1) is 10.1 Å². The molecular weight excluding hydrogens is 178 g/mol. The zero-order valence-corrected chi connectivity index (χ0v) is 7.18. The molecule has 13 heavy (non-hydrogen) atoms. The van der Waals surface area contributed by atoms with Gasteiger partial charge in [0, 0.05) is 0 Å². The highest BCUT2D eigenvalue weighted by Crippen LogP contribution is 1.91. The van der Waals surface area contributed by atoms with Crippen molar-refractivity contribution < 1.29 is 14.5 Å². The van der Waals surface area contributed by atoms with Crippen LogP contribution in [0.3, 0.4) is 0 Å². The van der Waals surface area contributed by atoms with Gasteiger partial charge in [0.15, 0.2) is 0 Å². The normalized spacial score (nSPS) is 12.5. The molecule has 0 unspecified atom stereocenters. The van der Waals surface area contributed by atoms with E-state index in [0.717, 1.165) is 13.2 Å². The second kappa shape index (κ2) is 4.86. The van der Waals surface area contributed by atoms with Crippen LogP contribution in [0.5, 0.6) is 0 Å². The van der Waals surface area contributed by atoms with Gasteiger partial charge in [0.1, 0.15) is 12.7 Å². The fraction of sp³-hybridized carbons (Fsp3) is 0.333. The van der Waals surface area contributed by atoms with Crippen molar-refractivity contribution in [2.24, 2.45) is 10.7 Å². The largest absolute Gasteiger partial charge is 0.464 e. The van der Waals surface area contributed by atoms with Gasteiger partial charge < -0.3 is 20.6 Å². The molecule has 0 heterocycles. The third-order valence-electron chi connectivity index (χ3n) is 1.12. The minimum absolute atomic E-state index is 0.361. The first kappa shape index (κ1) is 11.1. The summed E-state index contributed by atoms with van der Waals surface area (Å²) in [6, 6.07) is 0. The van der Waals surface area contributed by atoms with E-state index >= 15 is 0 Å². The highest BCUT2D eigenvalue weighted by Gasteiger charge is 2.11. The number of aliphatic imine (C=N–C) groups is 1. The number of amidine groups is 1. The summed E-state index contributed by atoms with van der Waals surface area (Å²) in [6.07, 6.45) is 0.839. The number of esters is 1. The second-order valence-electron chi connectivity index (χ2n) is 1.93. The number of rotatable bonds is 2. The predicted molar refractivity (Wildman–Crippen MR) is 44.6 cm³/mol. The molecule has 0 aliphatic carbocycles. The number of carbonyl (C=O) groups is 1. The summed E-state index contributed by atoms with van der Waals surface area (Å²) in [7, 11) is 2.34. The summed E-state index contributed by atoms with van der Waals surface area (Å²) in [5.74, 6) is -1.33. The van der Waals surface area contributed by atoms with Crippen LogP contribution in [0.2, 0.25) is 0 Å². The van der Waals surface area contributed by atoms with Gasteiger partial charge in [-0.25, -0.2) is 4.79 Å². The van der Waals surface area contributed by atoms with Gasteiger partial charge in [-0.2, -0.15) is 0 Å². The Morgan fingerprint density at radius 2 is 2.23 bits per heavy atom. The Kier molecular flexibility index (Phi) is 4.14. The zero-order valence-electron chi connectivity index (χ0n) is 7.18. The molecule has 0 aromatic carbocycles. The van der Waals surface area contributed by atoms with Gasteiger partial charge in [-0.3, -0.25) is 0 Å². The van der Waals surface area contributed by atoms with Gasteiger partial charge in [0.25, 0.3) is 0 Å². The molecule has 7 nitrogen and oxygen atoms in total. The first-order valence-corrected chi connectivity index (χ1v) is 3.19. The maximum absolute atomic E-state index is 10.7. The minimum atomic E-state index is -0.831. The lowest BCUT2D eigenvalue weighted by Crippen LogP contribution is -2.17. The molecule has 2 N–H and O–H groups in total. The van der Waals surface area contributed by atoms with Crippen molar-refractivity contribution >= 4 is 11.8 Å². The van der Waals surface area contributed by atoms with E-state index in [2.05, 4.69) is 9.73 Å². The topological polar surface area (TPSA) is 108 Å². The number of hydrogen-bond donors (Lipinski definition) is 1. The molecule has 0 bridgehead atoms. The SMILES string of the molecule is CN=C(C=C(N)C(=O)OC)[N+](=O)[O-]. The molecule has 0 rings (SSSR count). The molecule has 0 spiro atoms. The average molecular weight is 187 g/mol. The molecule has 0 aliphatic rings. The van der Waals surface area contributed by atoms with Crippen molar-refractivity contribution in [2.75, 3.05) is 14.2 Å². The number of nitro groups is 1. The molecule has 0 saturated heterocycles. The average Bonchev–Trinajstić information content (AvgIpc) is 2.11. The van der Waals surface area contributed by atoms with E-state index in [0.29, 0.717) is 0 Å². The predicted octanol–water partition coefficient (Wildman–Crippen LogP) is -0.693. The van der Waals surface area contributed by atoms with Gasteiger partial charge in [-0.15, -0.1) is 0 Å². The van der Waals surface area contributed by atoms with Crippen molar-refractivity contribution in [3.63, 3.8) is 0 Å². The van der Waals surface area contributed by atoms with Crippen molar-refractivity contribution in [3.8, 4) is 0 Å². The molecule has 0 saturated carbocycles. The van der Waals surface area contributed by atoms with E-state index < -0.39 is 16.7 Å². The molecule has 0 atom stereocenters. The quantitative estimate of drug-likeness (QED) is 0.154. The molecule has 7 heteroatoms. The maximum Gasteiger partial charge on any atom is 0.360 e. The molecular formula is C6H9N3O4. The fourth-order valence-electron chi connectivity index (χ4n) is 0.515. The van der Waals surface area contributed by atoms with Crippen LogP contribution in [0.15, 0.2) is 16.8 Å². The minimum Gasteiger partial charge on any atom is -0.464 e. The Morgan fingerprint density at radius 1 is 1.69 bits per heavy atom. The van der Waals surface area contributed by atoms with Crippen molar-refractivity contribution in [1.29, 1.82) is 0 Å². The fourth-order valence-corrected chi connectivity index (χ4v) is 0.515.